The summed E-state index contributed by atoms with van der Waals surface area (Å²) < 4.78 is 0. The first-order valence-corrected chi connectivity index (χ1v) is 6.34. The van der Waals surface area contributed by atoms with Crippen LogP contribution in [0.25, 0.3) is 0 Å². The molecule has 1 radical (unpaired) electrons. The Balaban J connectivity index is 2.59. The molecule has 0 aliphatic carbocycles. The molecule has 1 unspecified atom stereocenters. The van der Waals surface area contributed by atoms with Crippen LogP contribution in [0.1, 0.15) is 33.1 Å². The normalized spacial score (nSPS) is 22.6. The number of primary amides is 1. The third-order valence-electron chi connectivity index (χ3n) is 3.38. The first-order chi connectivity index (χ1) is 9.21. The van der Waals surface area contributed by atoms with Gasteiger partial charge in [-0.15, -0.1) is 0 Å². The Bertz CT molecular complexity index is 467. The molecule has 1 atom stereocenters. The van der Waals surface area contributed by atoms with Crippen LogP contribution >= 0.6 is 0 Å². The fourth-order valence-electron chi connectivity index (χ4n) is 1.81. The molecule has 4 N–H and O–H groups in total. The summed E-state index contributed by atoms with van der Waals surface area (Å²) in [5.41, 5.74) is 3.21. The lowest BCUT2D eigenvalue weighted by atomic mass is 9.86. The summed E-state index contributed by atoms with van der Waals surface area (Å²) in [6.07, 6.45) is 1.74. The van der Waals surface area contributed by atoms with Crippen molar-refractivity contribution in [2.45, 2.75) is 38.6 Å². The lowest BCUT2D eigenvalue weighted by Crippen LogP contribution is -2.55. The number of carbonyl (C=O) groups excluding carboxylic acids is 3. The Hall–Kier alpha value is -2.10. The minimum absolute atomic E-state index is 0.0672. The predicted octanol–water partition coefficient (Wildman–Crippen LogP) is -0.619. The third-order valence-corrected chi connectivity index (χ3v) is 3.38. The quantitative estimate of drug-likeness (QED) is 0.620. The average Bonchev–Trinajstić information content (AvgIpc) is 2.36. The minimum Gasteiger partial charge on any atom is -0.369 e. The number of carbonyl (C=O) groups is 3. The van der Waals surface area contributed by atoms with Crippen molar-refractivity contribution in [1.82, 2.24) is 10.6 Å². The van der Waals surface area contributed by atoms with Crippen LogP contribution in [0, 0.1) is 23.2 Å². The molecule has 1 aliphatic heterocycles. The maximum atomic E-state index is 11.8. The zero-order valence-electron chi connectivity index (χ0n) is 11.7. The molecule has 3 amide bonds. The van der Waals surface area contributed by atoms with Gasteiger partial charge in [-0.1, -0.05) is 13.8 Å². The van der Waals surface area contributed by atoms with Gasteiger partial charge in [-0.05, 0) is 6.42 Å². The number of piperidine rings is 1. The van der Waals surface area contributed by atoms with E-state index in [1.807, 2.05) is 6.07 Å². The lowest BCUT2D eigenvalue weighted by molar-refractivity contribution is -0.126. The van der Waals surface area contributed by atoms with Crippen molar-refractivity contribution in [3.05, 3.63) is 6.42 Å². The summed E-state index contributed by atoms with van der Waals surface area (Å²) in [6.45, 7) is 3.61. The Labute approximate surface area is 117 Å². The van der Waals surface area contributed by atoms with Crippen LogP contribution in [0.4, 0.5) is 0 Å². The molecular formula is C13H19N4O3. The van der Waals surface area contributed by atoms with Gasteiger partial charge >= 0.3 is 0 Å². The first-order valence-electron chi connectivity index (χ1n) is 6.34. The largest absolute Gasteiger partial charge is 0.369 e. The van der Waals surface area contributed by atoms with E-state index in [-0.39, 0.29) is 18.7 Å². The van der Waals surface area contributed by atoms with Crippen LogP contribution in [-0.4, -0.2) is 29.8 Å². The standard InChI is InChI=1S/C13H19N4O3/c1-12(2,11(15)20)4-3-9(18)17-13(8-14)5-6-16-10(19)7-13/h3H,4-7H2,1-2H3,(H2,15,20)(H,16,19)(H,17,18). The Morgan fingerprint density at radius 3 is 2.75 bits per heavy atom. The Morgan fingerprint density at radius 1 is 1.60 bits per heavy atom. The Morgan fingerprint density at radius 2 is 2.25 bits per heavy atom. The summed E-state index contributed by atoms with van der Waals surface area (Å²) >= 11 is 0. The maximum absolute atomic E-state index is 11.8. The molecule has 0 aromatic rings. The van der Waals surface area contributed by atoms with Gasteiger partial charge in [0.2, 0.25) is 17.7 Å². The van der Waals surface area contributed by atoms with E-state index in [1.54, 1.807) is 13.8 Å². The molecule has 1 saturated heterocycles. The molecule has 7 heteroatoms. The SMILES string of the molecule is CC(C)(C[CH]C(=O)NC1(C#N)CCNC(=O)C1)C(N)=O. The smallest absolute Gasteiger partial charge is 0.225 e. The molecule has 1 aliphatic rings. The van der Waals surface area contributed by atoms with Gasteiger partial charge in [-0.25, -0.2) is 0 Å². The number of rotatable bonds is 5. The monoisotopic (exact) mass is 279 g/mol. The van der Waals surface area contributed by atoms with Crippen molar-refractivity contribution in [3.63, 3.8) is 0 Å². The van der Waals surface area contributed by atoms with Gasteiger partial charge in [0.1, 0.15) is 5.54 Å². The second kappa shape index (κ2) is 5.90. The molecule has 1 fully saturated rings. The van der Waals surface area contributed by atoms with Crippen molar-refractivity contribution < 1.29 is 14.4 Å². The number of hydrogen-bond acceptors (Lipinski definition) is 4. The molecule has 0 aromatic carbocycles. The molecule has 0 spiro atoms. The van der Waals surface area contributed by atoms with E-state index in [2.05, 4.69) is 10.6 Å². The van der Waals surface area contributed by atoms with E-state index in [0.717, 1.165) is 0 Å². The Kier molecular flexibility index (Phi) is 4.71. The van der Waals surface area contributed by atoms with Gasteiger partial charge in [-0.3, -0.25) is 14.4 Å². The van der Waals surface area contributed by atoms with Gasteiger partial charge in [0.25, 0.3) is 0 Å². The number of nitrogens with one attached hydrogen (secondary N) is 2. The highest BCUT2D eigenvalue weighted by Crippen LogP contribution is 2.22. The fourth-order valence-corrected chi connectivity index (χ4v) is 1.81. The average molecular weight is 279 g/mol. The number of nitrogens with zero attached hydrogens (tertiary/aromatic N) is 1. The molecular weight excluding hydrogens is 260 g/mol. The maximum Gasteiger partial charge on any atom is 0.225 e. The topological polar surface area (TPSA) is 125 Å². The van der Waals surface area contributed by atoms with E-state index in [0.29, 0.717) is 13.0 Å². The van der Waals surface area contributed by atoms with Crippen LogP contribution in [0.2, 0.25) is 0 Å². The highest BCUT2D eigenvalue weighted by Gasteiger charge is 2.37. The van der Waals surface area contributed by atoms with Crippen molar-refractivity contribution >= 4 is 17.7 Å². The summed E-state index contributed by atoms with van der Waals surface area (Å²) in [5, 5.41) is 14.3. The predicted molar refractivity (Wildman–Crippen MR) is 70.6 cm³/mol. The fraction of sp³-hybridized carbons (Fsp3) is 0.615. The van der Waals surface area contributed by atoms with Crippen LogP contribution in [0.5, 0.6) is 0 Å². The molecule has 1 rings (SSSR count). The highest BCUT2D eigenvalue weighted by molar-refractivity contribution is 5.89. The van der Waals surface area contributed by atoms with Crippen LogP contribution in [-0.2, 0) is 14.4 Å². The van der Waals surface area contributed by atoms with Crippen molar-refractivity contribution in [2.75, 3.05) is 6.54 Å². The molecule has 109 valence electrons. The summed E-state index contributed by atoms with van der Waals surface area (Å²) in [7, 11) is 0. The molecule has 7 nitrogen and oxygen atoms in total. The molecule has 0 aromatic heterocycles. The number of nitrogens with two attached hydrogens (primary N) is 1. The third kappa shape index (κ3) is 3.95. The van der Waals surface area contributed by atoms with Gasteiger partial charge in [0.15, 0.2) is 0 Å². The van der Waals surface area contributed by atoms with Gasteiger partial charge in [0, 0.05) is 18.4 Å². The molecule has 1 heterocycles. The van der Waals surface area contributed by atoms with E-state index >= 15 is 0 Å². The number of nitriles is 1. The summed E-state index contributed by atoms with van der Waals surface area (Å²) in [6, 6.07) is 1.99. The van der Waals surface area contributed by atoms with E-state index < -0.39 is 22.8 Å². The van der Waals surface area contributed by atoms with Gasteiger partial charge in [0.05, 0.1) is 18.9 Å². The van der Waals surface area contributed by atoms with Gasteiger partial charge in [-0.2, -0.15) is 5.26 Å². The highest BCUT2D eigenvalue weighted by atomic mass is 16.2. The zero-order valence-corrected chi connectivity index (χ0v) is 11.7. The number of hydrogen-bond donors (Lipinski definition) is 3. The summed E-state index contributed by atoms with van der Waals surface area (Å²) in [5.74, 6) is -1.25. The van der Waals surface area contributed by atoms with Gasteiger partial charge < -0.3 is 16.4 Å². The minimum atomic E-state index is -1.17. The number of amides is 3. The molecule has 0 saturated carbocycles. The second-order valence-electron chi connectivity index (χ2n) is 5.62. The zero-order chi connectivity index (χ0) is 15.4. The van der Waals surface area contributed by atoms with Crippen LogP contribution in [0.3, 0.4) is 0 Å². The molecule has 0 bridgehead atoms. The summed E-state index contributed by atoms with van der Waals surface area (Å²) in [4.78, 5) is 34.3. The second-order valence-corrected chi connectivity index (χ2v) is 5.62. The van der Waals surface area contributed by atoms with Crippen molar-refractivity contribution in [2.24, 2.45) is 11.1 Å². The van der Waals surface area contributed by atoms with E-state index in [9.17, 15) is 19.6 Å². The van der Waals surface area contributed by atoms with Crippen molar-refractivity contribution in [3.8, 4) is 6.07 Å². The lowest BCUT2D eigenvalue weighted by Gasteiger charge is -2.31. The van der Waals surface area contributed by atoms with Crippen LogP contribution < -0.4 is 16.4 Å². The van der Waals surface area contributed by atoms with E-state index in [4.69, 9.17) is 5.73 Å². The van der Waals surface area contributed by atoms with Crippen LogP contribution in [0.15, 0.2) is 0 Å². The van der Waals surface area contributed by atoms with Crippen molar-refractivity contribution in [1.29, 1.82) is 5.26 Å². The first kappa shape index (κ1) is 16.0. The molecule has 20 heavy (non-hydrogen) atoms. The van der Waals surface area contributed by atoms with E-state index in [1.165, 1.54) is 6.42 Å².